The smallest absolute Gasteiger partial charge is 0.200 e. The Morgan fingerprint density at radius 3 is 2.44 bits per heavy atom. The van der Waals surface area contributed by atoms with Crippen LogP contribution in [0.15, 0.2) is 12.1 Å². The van der Waals surface area contributed by atoms with Gasteiger partial charge in [0.2, 0.25) is 5.82 Å². The number of hydrogen-bond acceptors (Lipinski definition) is 2. The largest absolute Gasteiger partial charge is 0.494 e. The number of fused-ring (bicyclic) bond motifs is 1. The van der Waals surface area contributed by atoms with Crippen molar-refractivity contribution in [2.24, 2.45) is 11.8 Å². The average Bonchev–Trinajstić information content (AvgIpc) is 2.92. The van der Waals surface area contributed by atoms with Gasteiger partial charge in [-0.05, 0) is 61.4 Å². The molecular weight excluding hydrogens is 236 g/mol. The average molecular weight is 253 g/mol. The summed E-state index contributed by atoms with van der Waals surface area (Å²) in [6, 6.07) is 2.98. The number of nitrogens with one attached hydrogen (secondary N) is 1. The fourth-order valence-corrected chi connectivity index (χ4v) is 3.41. The van der Waals surface area contributed by atoms with Gasteiger partial charge in [-0.3, -0.25) is 0 Å². The summed E-state index contributed by atoms with van der Waals surface area (Å²) >= 11 is 0. The molecule has 0 unspecified atom stereocenters. The molecule has 98 valence electrons. The minimum atomic E-state index is -0.888. The topological polar surface area (TPSA) is 21.3 Å². The van der Waals surface area contributed by atoms with Crippen molar-refractivity contribution in [2.75, 3.05) is 20.2 Å². The van der Waals surface area contributed by atoms with Crippen LogP contribution in [0.25, 0.3) is 0 Å². The molecule has 18 heavy (non-hydrogen) atoms. The first-order valence-corrected chi connectivity index (χ1v) is 6.42. The summed E-state index contributed by atoms with van der Waals surface area (Å²) in [4.78, 5) is 0. The van der Waals surface area contributed by atoms with Crippen LogP contribution in [0, 0.1) is 23.5 Å². The lowest BCUT2D eigenvalue weighted by Crippen LogP contribution is -2.11. The van der Waals surface area contributed by atoms with E-state index in [0.29, 0.717) is 17.8 Å². The van der Waals surface area contributed by atoms with Crippen LogP contribution in [-0.2, 0) is 0 Å². The molecule has 1 aromatic carbocycles. The second-order valence-electron chi connectivity index (χ2n) is 5.37. The van der Waals surface area contributed by atoms with Crippen molar-refractivity contribution >= 4 is 0 Å². The lowest BCUT2D eigenvalue weighted by Gasteiger charge is -2.14. The Labute approximate surface area is 105 Å². The highest BCUT2D eigenvalue weighted by atomic mass is 19.2. The molecule has 1 aromatic rings. The standard InChI is InChI=1S/C14H17F2NO/c1-18-13-5-9(4-12(15)14(13)16)8-2-10-6-17-7-11(10)3-8/h4-5,8,10-11,17H,2-3,6-7H2,1H3/t10-,11-/m0/s1. The van der Waals surface area contributed by atoms with Gasteiger partial charge in [-0.2, -0.15) is 4.39 Å². The third-order valence-corrected chi connectivity index (χ3v) is 4.36. The zero-order chi connectivity index (χ0) is 12.7. The van der Waals surface area contributed by atoms with Crippen LogP contribution in [-0.4, -0.2) is 20.2 Å². The molecule has 1 heterocycles. The van der Waals surface area contributed by atoms with Crippen molar-refractivity contribution in [3.63, 3.8) is 0 Å². The van der Waals surface area contributed by atoms with Gasteiger partial charge in [0.15, 0.2) is 11.6 Å². The molecule has 1 aliphatic carbocycles. The van der Waals surface area contributed by atoms with Crippen molar-refractivity contribution in [2.45, 2.75) is 18.8 Å². The minimum Gasteiger partial charge on any atom is -0.494 e. The number of hydrogen-bond donors (Lipinski definition) is 1. The number of ether oxygens (including phenoxy) is 1. The summed E-state index contributed by atoms with van der Waals surface area (Å²) in [6.07, 6.45) is 2.12. The van der Waals surface area contributed by atoms with Crippen LogP contribution in [0.2, 0.25) is 0 Å². The molecule has 1 saturated carbocycles. The van der Waals surface area contributed by atoms with Crippen molar-refractivity contribution in [1.29, 1.82) is 0 Å². The molecule has 2 fully saturated rings. The fraction of sp³-hybridized carbons (Fsp3) is 0.571. The number of methoxy groups -OCH3 is 1. The molecule has 0 amide bonds. The zero-order valence-electron chi connectivity index (χ0n) is 10.4. The molecule has 1 N–H and O–H groups in total. The Kier molecular flexibility index (Phi) is 2.98. The fourth-order valence-electron chi connectivity index (χ4n) is 3.41. The summed E-state index contributed by atoms with van der Waals surface area (Å²) < 4.78 is 31.8. The van der Waals surface area contributed by atoms with E-state index in [1.54, 1.807) is 6.07 Å². The Hall–Kier alpha value is -1.16. The van der Waals surface area contributed by atoms with Crippen LogP contribution in [0.5, 0.6) is 5.75 Å². The highest BCUT2D eigenvalue weighted by molar-refractivity contribution is 5.34. The first-order valence-electron chi connectivity index (χ1n) is 6.42. The summed E-state index contributed by atoms with van der Waals surface area (Å²) in [5.74, 6) is 0.0372. The molecule has 4 heteroatoms. The first-order chi connectivity index (χ1) is 8.69. The molecule has 3 rings (SSSR count). The van der Waals surface area contributed by atoms with Crippen molar-refractivity contribution in [3.05, 3.63) is 29.3 Å². The number of rotatable bonds is 2. The van der Waals surface area contributed by atoms with Crippen LogP contribution >= 0.6 is 0 Å². The molecule has 0 bridgehead atoms. The van der Waals surface area contributed by atoms with Crippen LogP contribution in [0.3, 0.4) is 0 Å². The van der Waals surface area contributed by atoms with Crippen molar-refractivity contribution in [1.82, 2.24) is 5.32 Å². The van der Waals surface area contributed by atoms with Gasteiger partial charge in [0.25, 0.3) is 0 Å². The Morgan fingerprint density at radius 1 is 1.17 bits per heavy atom. The molecule has 1 saturated heterocycles. The first kappa shape index (κ1) is 11.9. The van der Waals surface area contributed by atoms with Gasteiger partial charge in [-0.25, -0.2) is 4.39 Å². The predicted octanol–water partition coefficient (Wildman–Crippen LogP) is 2.69. The SMILES string of the molecule is COc1cc(C2C[C@H]3CNC[C@@H]3C2)cc(F)c1F. The van der Waals surface area contributed by atoms with E-state index in [1.807, 2.05) is 0 Å². The third-order valence-electron chi connectivity index (χ3n) is 4.36. The maximum Gasteiger partial charge on any atom is 0.200 e. The van der Waals surface area contributed by atoms with E-state index in [2.05, 4.69) is 5.32 Å². The van der Waals surface area contributed by atoms with Gasteiger partial charge in [0.05, 0.1) is 7.11 Å². The molecule has 2 aliphatic rings. The highest BCUT2D eigenvalue weighted by Crippen LogP contribution is 2.44. The van der Waals surface area contributed by atoms with E-state index in [1.165, 1.54) is 13.2 Å². The number of benzene rings is 1. The quantitative estimate of drug-likeness (QED) is 0.875. The maximum absolute atomic E-state index is 13.5. The van der Waals surface area contributed by atoms with Crippen molar-refractivity contribution < 1.29 is 13.5 Å². The van der Waals surface area contributed by atoms with Crippen LogP contribution in [0.1, 0.15) is 24.3 Å². The Balaban J connectivity index is 1.87. The lowest BCUT2D eigenvalue weighted by atomic mass is 9.95. The predicted molar refractivity (Wildman–Crippen MR) is 64.7 cm³/mol. The third kappa shape index (κ3) is 1.88. The zero-order valence-corrected chi connectivity index (χ0v) is 10.4. The van der Waals surface area contributed by atoms with E-state index in [4.69, 9.17) is 4.74 Å². The van der Waals surface area contributed by atoms with Gasteiger partial charge >= 0.3 is 0 Å². The number of halogens is 2. The lowest BCUT2D eigenvalue weighted by molar-refractivity contribution is 0.370. The van der Waals surface area contributed by atoms with E-state index < -0.39 is 11.6 Å². The monoisotopic (exact) mass is 253 g/mol. The van der Waals surface area contributed by atoms with Gasteiger partial charge in [-0.15, -0.1) is 0 Å². The van der Waals surface area contributed by atoms with E-state index in [-0.39, 0.29) is 5.75 Å². The molecular formula is C14H17F2NO. The van der Waals surface area contributed by atoms with E-state index >= 15 is 0 Å². The van der Waals surface area contributed by atoms with Crippen LogP contribution in [0.4, 0.5) is 8.78 Å². The molecule has 1 aliphatic heterocycles. The Morgan fingerprint density at radius 2 is 1.83 bits per heavy atom. The van der Waals surface area contributed by atoms with Gasteiger partial charge < -0.3 is 10.1 Å². The van der Waals surface area contributed by atoms with E-state index in [9.17, 15) is 8.78 Å². The van der Waals surface area contributed by atoms with Gasteiger partial charge in [-0.1, -0.05) is 0 Å². The summed E-state index contributed by atoms with van der Waals surface area (Å²) in [5.41, 5.74) is 0.875. The minimum absolute atomic E-state index is 0.0141. The second-order valence-corrected chi connectivity index (χ2v) is 5.37. The van der Waals surface area contributed by atoms with E-state index in [0.717, 1.165) is 31.5 Å². The van der Waals surface area contributed by atoms with Gasteiger partial charge in [0, 0.05) is 0 Å². The summed E-state index contributed by atoms with van der Waals surface area (Å²) in [7, 11) is 1.37. The summed E-state index contributed by atoms with van der Waals surface area (Å²) in [5, 5.41) is 3.38. The Bertz CT molecular complexity index is 451. The highest BCUT2D eigenvalue weighted by Gasteiger charge is 2.38. The van der Waals surface area contributed by atoms with Crippen molar-refractivity contribution in [3.8, 4) is 5.75 Å². The second kappa shape index (κ2) is 4.50. The molecule has 0 aromatic heterocycles. The molecule has 0 radical (unpaired) electrons. The maximum atomic E-state index is 13.5. The molecule has 2 atom stereocenters. The molecule has 2 nitrogen and oxygen atoms in total. The van der Waals surface area contributed by atoms with Gasteiger partial charge in [0.1, 0.15) is 0 Å². The molecule has 0 spiro atoms. The normalized spacial score (nSPS) is 27.5. The summed E-state index contributed by atoms with van der Waals surface area (Å²) in [6.45, 7) is 2.12. The van der Waals surface area contributed by atoms with Crippen LogP contribution < -0.4 is 10.1 Å².